The van der Waals surface area contributed by atoms with E-state index < -0.39 is 0 Å². The van der Waals surface area contributed by atoms with Gasteiger partial charge >= 0.3 is 0 Å². The molecule has 1 aliphatic rings. The van der Waals surface area contributed by atoms with E-state index in [-0.39, 0.29) is 11.6 Å². The van der Waals surface area contributed by atoms with Crippen LogP contribution in [-0.2, 0) is 0 Å². The molecule has 0 aliphatic heterocycles. The van der Waals surface area contributed by atoms with Gasteiger partial charge in [-0.15, -0.1) is 0 Å². The number of pyridine rings is 1. The van der Waals surface area contributed by atoms with E-state index in [9.17, 15) is 0 Å². The maximum Gasteiger partial charge on any atom is 0.0518 e. The molecular formula is C15H26N4. The second-order valence-corrected chi connectivity index (χ2v) is 5.47. The van der Waals surface area contributed by atoms with E-state index in [0.29, 0.717) is 0 Å². The highest BCUT2D eigenvalue weighted by Crippen LogP contribution is 2.44. The van der Waals surface area contributed by atoms with Crippen molar-refractivity contribution in [1.82, 2.24) is 9.88 Å². The number of hydrogen-bond donors (Lipinski definition) is 2. The third kappa shape index (κ3) is 2.47. The zero-order valence-corrected chi connectivity index (χ0v) is 12.1. The molecule has 1 saturated carbocycles. The Morgan fingerprint density at radius 2 is 1.95 bits per heavy atom. The molecule has 0 bridgehead atoms. The molecule has 106 valence electrons. The third-order valence-electron chi connectivity index (χ3n) is 4.66. The van der Waals surface area contributed by atoms with Gasteiger partial charge in [0.05, 0.1) is 6.04 Å². The van der Waals surface area contributed by atoms with Gasteiger partial charge < -0.3 is 11.5 Å². The lowest BCUT2D eigenvalue weighted by molar-refractivity contribution is 0.0771. The highest BCUT2D eigenvalue weighted by molar-refractivity contribution is 5.47. The summed E-state index contributed by atoms with van der Waals surface area (Å²) in [7, 11) is 0. The molecular weight excluding hydrogens is 236 g/mol. The van der Waals surface area contributed by atoms with Gasteiger partial charge in [0.1, 0.15) is 0 Å². The fourth-order valence-electron chi connectivity index (χ4n) is 3.63. The van der Waals surface area contributed by atoms with E-state index in [1.54, 1.807) is 6.20 Å². The topological polar surface area (TPSA) is 68.2 Å². The Labute approximate surface area is 116 Å². The molecule has 1 aliphatic carbocycles. The first-order valence-electron chi connectivity index (χ1n) is 7.35. The van der Waals surface area contributed by atoms with E-state index in [1.807, 2.05) is 12.3 Å². The average Bonchev–Trinajstić information content (AvgIpc) is 2.90. The fourth-order valence-corrected chi connectivity index (χ4v) is 3.63. The minimum Gasteiger partial charge on any atom is -0.398 e. The van der Waals surface area contributed by atoms with Crippen LogP contribution in [0, 0.1) is 0 Å². The minimum atomic E-state index is -0.0522. The molecule has 1 aromatic rings. The van der Waals surface area contributed by atoms with Gasteiger partial charge in [-0.05, 0) is 32.0 Å². The summed E-state index contributed by atoms with van der Waals surface area (Å²) in [5.41, 5.74) is 14.5. The first kappa shape index (κ1) is 14.3. The van der Waals surface area contributed by atoms with Gasteiger partial charge in [0.2, 0.25) is 0 Å². The van der Waals surface area contributed by atoms with E-state index in [0.717, 1.165) is 37.2 Å². The van der Waals surface area contributed by atoms with Crippen LogP contribution >= 0.6 is 0 Å². The van der Waals surface area contributed by atoms with E-state index in [1.165, 1.54) is 12.8 Å². The summed E-state index contributed by atoms with van der Waals surface area (Å²) >= 11 is 0. The number of nitrogen functional groups attached to an aromatic ring is 1. The van der Waals surface area contributed by atoms with Crippen molar-refractivity contribution in [2.45, 2.75) is 51.1 Å². The van der Waals surface area contributed by atoms with E-state index >= 15 is 0 Å². The molecule has 4 N–H and O–H groups in total. The number of likely N-dealkylation sites (N-methyl/N-ethyl adjacent to an activating group) is 1. The largest absolute Gasteiger partial charge is 0.398 e. The lowest BCUT2D eigenvalue weighted by Gasteiger charge is -2.45. The zero-order valence-electron chi connectivity index (χ0n) is 12.1. The van der Waals surface area contributed by atoms with Crippen molar-refractivity contribution < 1.29 is 0 Å². The molecule has 19 heavy (non-hydrogen) atoms. The van der Waals surface area contributed by atoms with Gasteiger partial charge in [0.15, 0.2) is 0 Å². The summed E-state index contributed by atoms with van der Waals surface area (Å²) in [4.78, 5) is 6.71. The van der Waals surface area contributed by atoms with Crippen molar-refractivity contribution in [2.75, 3.05) is 18.8 Å². The van der Waals surface area contributed by atoms with Crippen LogP contribution in [0.25, 0.3) is 0 Å². The molecule has 0 saturated heterocycles. The van der Waals surface area contributed by atoms with Gasteiger partial charge in [0, 0.05) is 29.2 Å². The van der Waals surface area contributed by atoms with Gasteiger partial charge in [-0.3, -0.25) is 9.88 Å². The normalized spacial score (nSPS) is 19.8. The first-order chi connectivity index (χ1) is 9.15. The van der Waals surface area contributed by atoms with Crippen LogP contribution in [0.5, 0.6) is 0 Å². The van der Waals surface area contributed by atoms with Crippen molar-refractivity contribution >= 4 is 5.69 Å². The molecule has 1 atom stereocenters. The second-order valence-electron chi connectivity index (χ2n) is 5.47. The molecule has 4 nitrogen and oxygen atoms in total. The number of nitrogens with two attached hydrogens (primary N) is 2. The third-order valence-corrected chi connectivity index (χ3v) is 4.66. The van der Waals surface area contributed by atoms with Crippen molar-refractivity contribution in [3.8, 4) is 0 Å². The second kappa shape index (κ2) is 5.88. The Hall–Kier alpha value is -1.13. The lowest BCUT2D eigenvalue weighted by Crippen LogP contribution is -2.53. The Morgan fingerprint density at radius 1 is 1.32 bits per heavy atom. The fraction of sp³-hybridized carbons (Fsp3) is 0.667. The number of hydrogen-bond acceptors (Lipinski definition) is 4. The predicted molar refractivity (Wildman–Crippen MR) is 79.7 cm³/mol. The summed E-state index contributed by atoms with van der Waals surface area (Å²) in [5.74, 6) is 0. The maximum absolute atomic E-state index is 6.63. The van der Waals surface area contributed by atoms with Gasteiger partial charge in [0.25, 0.3) is 0 Å². The van der Waals surface area contributed by atoms with Crippen LogP contribution in [-0.4, -0.2) is 28.5 Å². The van der Waals surface area contributed by atoms with Crippen molar-refractivity contribution in [3.63, 3.8) is 0 Å². The quantitative estimate of drug-likeness (QED) is 0.854. The minimum absolute atomic E-state index is 0.0522. The smallest absolute Gasteiger partial charge is 0.0518 e. The van der Waals surface area contributed by atoms with Crippen molar-refractivity contribution in [3.05, 3.63) is 24.0 Å². The molecule has 0 aromatic carbocycles. The summed E-state index contributed by atoms with van der Waals surface area (Å²) in [6, 6.07) is 1.80. The standard InChI is InChI=1S/C15H26N4/c1-3-19(4-2)15(8-5-6-9-15)14(17)12-11-18-10-7-13(12)16/h7,10-11,14H,3-6,8-9,17H2,1-2H3,(H2,16,18). The molecule has 2 rings (SSSR count). The highest BCUT2D eigenvalue weighted by atomic mass is 15.2. The predicted octanol–water partition coefficient (Wildman–Crippen LogP) is 2.32. The molecule has 0 amide bonds. The number of anilines is 1. The van der Waals surface area contributed by atoms with Crippen molar-refractivity contribution in [2.24, 2.45) is 5.73 Å². The van der Waals surface area contributed by atoms with Crippen LogP contribution in [0.3, 0.4) is 0 Å². The average molecular weight is 262 g/mol. The molecule has 4 heteroatoms. The SMILES string of the molecule is CCN(CC)C1(C(N)c2cnccc2N)CCCC1. The summed E-state index contributed by atoms with van der Waals surface area (Å²) in [5, 5.41) is 0. The van der Waals surface area contributed by atoms with Gasteiger partial charge in [-0.25, -0.2) is 0 Å². The molecule has 1 aromatic heterocycles. The van der Waals surface area contributed by atoms with Crippen LogP contribution < -0.4 is 11.5 Å². The van der Waals surface area contributed by atoms with Gasteiger partial charge in [-0.1, -0.05) is 26.7 Å². The molecule has 0 radical (unpaired) electrons. The summed E-state index contributed by atoms with van der Waals surface area (Å²) in [6.07, 6.45) is 8.39. The van der Waals surface area contributed by atoms with Gasteiger partial charge in [-0.2, -0.15) is 0 Å². The Bertz CT molecular complexity index is 408. The van der Waals surface area contributed by atoms with Crippen LogP contribution in [0.2, 0.25) is 0 Å². The molecule has 1 heterocycles. The Kier molecular flexibility index (Phi) is 4.42. The number of nitrogens with zero attached hydrogens (tertiary/aromatic N) is 2. The first-order valence-corrected chi connectivity index (χ1v) is 7.35. The number of aromatic nitrogens is 1. The Morgan fingerprint density at radius 3 is 2.47 bits per heavy atom. The maximum atomic E-state index is 6.63. The zero-order chi connectivity index (χ0) is 13.9. The van der Waals surface area contributed by atoms with Crippen molar-refractivity contribution in [1.29, 1.82) is 0 Å². The monoisotopic (exact) mass is 262 g/mol. The van der Waals surface area contributed by atoms with Crippen LogP contribution in [0.4, 0.5) is 5.69 Å². The molecule has 1 unspecified atom stereocenters. The molecule has 0 spiro atoms. The summed E-state index contributed by atoms with van der Waals surface area (Å²) in [6.45, 7) is 6.49. The summed E-state index contributed by atoms with van der Waals surface area (Å²) < 4.78 is 0. The Balaban J connectivity index is 2.37. The lowest BCUT2D eigenvalue weighted by atomic mass is 9.82. The van der Waals surface area contributed by atoms with E-state index in [4.69, 9.17) is 11.5 Å². The number of rotatable bonds is 5. The van der Waals surface area contributed by atoms with Crippen LogP contribution in [0.15, 0.2) is 18.5 Å². The van der Waals surface area contributed by atoms with Crippen LogP contribution in [0.1, 0.15) is 51.1 Å². The van der Waals surface area contributed by atoms with E-state index in [2.05, 4.69) is 23.7 Å². The highest BCUT2D eigenvalue weighted by Gasteiger charge is 2.44. The molecule has 1 fully saturated rings.